The molecule has 1 N–H and O–H groups in total. The van der Waals surface area contributed by atoms with E-state index < -0.39 is 0 Å². The van der Waals surface area contributed by atoms with Crippen LogP contribution in [0.3, 0.4) is 0 Å². The van der Waals surface area contributed by atoms with Crippen LogP contribution in [0.25, 0.3) is 0 Å². The standard InChI is InChI=1S/C16H27FN2/c1-5-18-13(2)9-8-12-19(4)14(3)15-10-6-7-11-16(15)17/h6-7,10-11,13-14,18H,5,8-9,12H2,1-4H3. The normalized spacial score (nSPS) is 14.6. The minimum absolute atomic E-state index is 0.108. The van der Waals surface area contributed by atoms with Gasteiger partial charge in [-0.25, -0.2) is 4.39 Å². The molecule has 1 aromatic carbocycles. The summed E-state index contributed by atoms with van der Waals surface area (Å²) in [5, 5.41) is 3.41. The van der Waals surface area contributed by atoms with Crippen LogP contribution in [0.5, 0.6) is 0 Å². The summed E-state index contributed by atoms with van der Waals surface area (Å²) in [6, 6.07) is 7.72. The van der Waals surface area contributed by atoms with E-state index in [0.29, 0.717) is 6.04 Å². The molecule has 2 unspecified atom stereocenters. The van der Waals surface area contributed by atoms with Crippen LogP contribution in [0.4, 0.5) is 4.39 Å². The van der Waals surface area contributed by atoms with E-state index in [0.717, 1.165) is 31.5 Å². The predicted molar refractivity (Wildman–Crippen MR) is 79.8 cm³/mol. The maximum atomic E-state index is 13.7. The van der Waals surface area contributed by atoms with Crippen molar-refractivity contribution in [1.82, 2.24) is 10.2 Å². The van der Waals surface area contributed by atoms with Crippen LogP contribution in [0.15, 0.2) is 24.3 Å². The summed E-state index contributed by atoms with van der Waals surface area (Å²) in [5.41, 5.74) is 0.782. The molecule has 3 heteroatoms. The van der Waals surface area contributed by atoms with Crippen LogP contribution >= 0.6 is 0 Å². The first kappa shape index (κ1) is 16.1. The molecule has 0 spiro atoms. The Hall–Kier alpha value is -0.930. The Morgan fingerprint density at radius 2 is 1.95 bits per heavy atom. The zero-order chi connectivity index (χ0) is 14.3. The topological polar surface area (TPSA) is 15.3 Å². The highest BCUT2D eigenvalue weighted by Gasteiger charge is 2.14. The van der Waals surface area contributed by atoms with Crippen molar-refractivity contribution in [2.45, 2.75) is 45.7 Å². The Morgan fingerprint density at radius 1 is 1.26 bits per heavy atom. The Kier molecular flexibility index (Phi) is 7.03. The van der Waals surface area contributed by atoms with Crippen molar-refractivity contribution in [3.05, 3.63) is 35.6 Å². The van der Waals surface area contributed by atoms with E-state index in [-0.39, 0.29) is 11.9 Å². The summed E-state index contributed by atoms with van der Waals surface area (Å²) in [7, 11) is 2.06. The molecule has 108 valence electrons. The van der Waals surface area contributed by atoms with Crippen LogP contribution in [0.1, 0.15) is 45.2 Å². The molecule has 0 aromatic heterocycles. The third-order valence-electron chi connectivity index (χ3n) is 3.72. The van der Waals surface area contributed by atoms with Gasteiger partial charge in [-0.1, -0.05) is 25.1 Å². The quantitative estimate of drug-likeness (QED) is 0.773. The molecule has 0 radical (unpaired) electrons. The van der Waals surface area contributed by atoms with Crippen molar-refractivity contribution in [3.8, 4) is 0 Å². The lowest BCUT2D eigenvalue weighted by Crippen LogP contribution is -2.28. The number of hydrogen-bond donors (Lipinski definition) is 1. The summed E-state index contributed by atoms with van der Waals surface area (Å²) in [5.74, 6) is -0.108. The highest BCUT2D eigenvalue weighted by atomic mass is 19.1. The highest BCUT2D eigenvalue weighted by Crippen LogP contribution is 2.21. The minimum Gasteiger partial charge on any atom is -0.315 e. The predicted octanol–water partition coefficient (Wildman–Crippen LogP) is 3.60. The van der Waals surface area contributed by atoms with Crippen LogP contribution in [0.2, 0.25) is 0 Å². The third kappa shape index (κ3) is 5.29. The van der Waals surface area contributed by atoms with E-state index in [1.54, 1.807) is 6.07 Å². The van der Waals surface area contributed by atoms with Crippen molar-refractivity contribution in [2.24, 2.45) is 0 Å². The van der Waals surface area contributed by atoms with E-state index in [1.807, 2.05) is 12.1 Å². The van der Waals surface area contributed by atoms with Crippen molar-refractivity contribution in [1.29, 1.82) is 0 Å². The molecule has 0 saturated heterocycles. The summed E-state index contributed by atoms with van der Waals surface area (Å²) >= 11 is 0. The van der Waals surface area contributed by atoms with Crippen molar-refractivity contribution in [3.63, 3.8) is 0 Å². The number of benzene rings is 1. The number of halogens is 1. The smallest absolute Gasteiger partial charge is 0.127 e. The van der Waals surface area contributed by atoms with Gasteiger partial charge in [-0.05, 0) is 52.9 Å². The first-order valence-corrected chi connectivity index (χ1v) is 7.24. The van der Waals surface area contributed by atoms with Gasteiger partial charge in [-0.3, -0.25) is 4.90 Å². The van der Waals surface area contributed by atoms with Crippen LogP contribution in [-0.2, 0) is 0 Å². The van der Waals surface area contributed by atoms with E-state index in [1.165, 1.54) is 6.07 Å². The SMILES string of the molecule is CCNC(C)CCCN(C)C(C)c1ccccc1F. The molecule has 19 heavy (non-hydrogen) atoms. The summed E-state index contributed by atoms with van der Waals surface area (Å²) in [6.45, 7) is 8.41. The monoisotopic (exact) mass is 266 g/mol. The zero-order valence-electron chi connectivity index (χ0n) is 12.6. The van der Waals surface area contributed by atoms with Crippen molar-refractivity contribution < 1.29 is 4.39 Å². The van der Waals surface area contributed by atoms with Gasteiger partial charge in [0.25, 0.3) is 0 Å². The molecule has 0 amide bonds. The Bertz CT molecular complexity index is 368. The fraction of sp³-hybridized carbons (Fsp3) is 0.625. The lowest BCUT2D eigenvalue weighted by molar-refractivity contribution is 0.247. The molecule has 0 saturated carbocycles. The summed E-state index contributed by atoms with van der Waals surface area (Å²) < 4.78 is 13.7. The molecule has 1 aromatic rings. The summed E-state index contributed by atoms with van der Waals surface area (Å²) in [4.78, 5) is 2.22. The second kappa shape index (κ2) is 8.28. The largest absolute Gasteiger partial charge is 0.315 e. The zero-order valence-corrected chi connectivity index (χ0v) is 12.6. The maximum Gasteiger partial charge on any atom is 0.127 e. The third-order valence-corrected chi connectivity index (χ3v) is 3.72. The van der Waals surface area contributed by atoms with Gasteiger partial charge in [-0.2, -0.15) is 0 Å². The number of hydrogen-bond acceptors (Lipinski definition) is 2. The van der Waals surface area contributed by atoms with E-state index in [2.05, 4.69) is 38.0 Å². The Morgan fingerprint density at radius 3 is 2.58 bits per heavy atom. The number of rotatable bonds is 8. The second-order valence-corrected chi connectivity index (χ2v) is 5.28. The first-order valence-electron chi connectivity index (χ1n) is 7.24. The maximum absolute atomic E-state index is 13.7. The van der Waals surface area contributed by atoms with Gasteiger partial charge in [0.2, 0.25) is 0 Å². The molecule has 1 rings (SSSR count). The number of nitrogens with one attached hydrogen (secondary N) is 1. The molecule has 0 aliphatic rings. The highest BCUT2D eigenvalue weighted by molar-refractivity contribution is 5.20. The molecule has 2 nitrogen and oxygen atoms in total. The summed E-state index contributed by atoms with van der Waals surface area (Å²) in [6.07, 6.45) is 2.28. The van der Waals surface area contributed by atoms with Crippen molar-refractivity contribution >= 4 is 0 Å². The molecule has 0 heterocycles. The van der Waals surface area contributed by atoms with Gasteiger partial charge in [0, 0.05) is 17.6 Å². The van der Waals surface area contributed by atoms with E-state index in [9.17, 15) is 4.39 Å². The van der Waals surface area contributed by atoms with Gasteiger partial charge in [0.05, 0.1) is 0 Å². The van der Waals surface area contributed by atoms with Crippen LogP contribution in [0, 0.1) is 5.82 Å². The van der Waals surface area contributed by atoms with Gasteiger partial charge in [0.15, 0.2) is 0 Å². The fourth-order valence-electron chi connectivity index (χ4n) is 2.34. The average Bonchev–Trinajstić information content (AvgIpc) is 2.38. The van der Waals surface area contributed by atoms with Crippen LogP contribution in [-0.4, -0.2) is 31.1 Å². The molecular formula is C16H27FN2. The Balaban J connectivity index is 2.41. The van der Waals surface area contributed by atoms with Gasteiger partial charge in [-0.15, -0.1) is 0 Å². The van der Waals surface area contributed by atoms with E-state index in [4.69, 9.17) is 0 Å². The fourth-order valence-corrected chi connectivity index (χ4v) is 2.34. The van der Waals surface area contributed by atoms with Crippen LogP contribution < -0.4 is 5.32 Å². The lowest BCUT2D eigenvalue weighted by Gasteiger charge is -2.26. The second-order valence-electron chi connectivity index (χ2n) is 5.28. The molecule has 0 fully saturated rings. The number of nitrogens with zero attached hydrogens (tertiary/aromatic N) is 1. The molecular weight excluding hydrogens is 239 g/mol. The van der Waals surface area contributed by atoms with Gasteiger partial charge in [0.1, 0.15) is 5.82 Å². The molecule has 2 atom stereocenters. The minimum atomic E-state index is -0.108. The average molecular weight is 266 g/mol. The first-order chi connectivity index (χ1) is 9.06. The van der Waals surface area contributed by atoms with Gasteiger partial charge < -0.3 is 5.32 Å². The van der Waals surface area contributed by atoms with Gasteiger partial charge >= 0.3 is 0 Å². The van der Waals surface area contributed by atoms with Crippen molar-refractivity contribution in [2.75, 3.05) is 20.1 Å². The molecule has 0 bridgehead atoms. The Labute approximate surface area is 117 Å². The molecule has 0 aliphatic carbocycles. The lowest BCUT2D eigenvalue weighted by atomic mass is 10.1. The molecule has 0 aliphatic heterocycles. The van der Waals surface area contributed by atoms with E-state index >= 15 is 0 Å².